The minimum atomic E-state index is -0.155. The van der Waals surface area contributed by atoms with E-state index in [1.54, 1.807) is 12.1 Å². The molecule has 3 rings (SSSR count). The zero-order chi connectivity index (χ0) is 14.7. The van der Waals surface area contributed by atoms with Gasteiger partial charge in [-0.05, 0) is 67.1 Å². The summed E-state index contributed by atoms with van der Waals surface area (Å²) < 4.78 is 13.1. The van der Waals surface area contributed by atoms with Crippen LogP contribution in [0.2, 0.25) is 5.02 Å². The first-order chi connectivity index (χ1) is 10.2. The maximum Gasteiger partial charge on any atom is 0.123 e. The summed E-state index contributed by atoms with van der Waals surface area (Å²) in [5, 5.41) is 4.36. The van der Waals surface area contributed by atoms with Crippen LogP contribution in [0.3, 0.4) is 0 Å². The van der Waals surface area contributed by atoms with Gasteiger partial charge < -0.3 is 5.32 Å². The molecule has 0 heterocycles. The molecule has 0 aliphatic heterocycles. The Bertz CT molecular complexity index is 608. The van der Waals surface area contributed by atoms with Gasteiger partial charge in [-0.1, -0.05) is 35.9 Å². The van der Waals surface area contributed by atoms with Crippen LogP contribution in [0.15, 0.2) is 48.5 Å². The van der Waals surface area contributed by atoms with E-state index in [9.17, 15) is 4.39 Å². The number of benzene rings is 2. The van der Waals surface area contributed by atoms with Gasteiger partial charge in [0.2, 0.25) is 0 Å². The zero-order valence-corrected chi connectivity index (χ0v) is 12.6. The molecular weight excluding hydrogens is 285 g/mol. The molecule has 0 radical (unpaired) electrons. The van der Waals surface area contributed by atoms with Gasteiger partial charge in [-0.25, -0.2) is 4.39 Å². The predicted octanol–water partition coefficient (Wildman–Crippen LogP) is 4.56. The summed E-state index contributed by atoms with van der Waals surface area (Å²) >= 11 is 6.02. The van der Waals surface area contributed by atoms with Crippen LogP contribution in [0.1, 0.15) is 29.9 Å². The first kappa shape index (κ1) is 14.6. The maximum atomic E-state index is 13.1. The quantitative estimate of drug-likeness (QED) is 0.854. The van der Waals surface area contributed by atoms with Crippen LogP contribution in [-0.2, 0) is 6.42 Å². The summed E-state index contributed by atoms with van der Waals surface area (Å²) in [5.74, 6) is 0.465. The van der Waals surface area contributed by atoms with Crippen molar-refractivity contribution in [2.45, 2.75) is 31.2 Å². The van der Waals surface area contributed by atoms with Crippen LogP contribution in [0, 0.1) is 5.82 Å². The molecule has 1 aliphatic rings. The van der Waals surface area contributed by atoms with Crippen molar-refractivity contribution in [2.75, 3.05) is 6.54 Å². The Balaban J connectivity index is 1.41. The molecule has 1 fully saturated rings. The summed E-state index contributed by atoms with van der Waals surface area (Å²) in [6.45, 7) is 0.899. The highest BCUT2D eigenvalue weighted by Crippen LogP contribution is 2.37. The third kappa shape index (κ3) is 3.84. The summed E-state index contributed by atoms with van der Waals surface area (Å²) in [7, 11) is 0. The lowest BCUT2D eigenvalue weighted by Crippen LogP contribution is -2.40. The SMILES string of the molecule is Fc1cccc(CCNC2CC(c3cccc(Cl)c3)C2)c1. The lowest BCUT2D eigenvalue weighted by Gasteiger charge is -2.36. The molecular formula is C18H19ClFN. The molecule has 21 heavy (non-hydrogen) atoms. The highest BCUT2D eigenvalue weighted by Gasteiger charge is 2.29. The van der Waals surface area contributed by atoms with Crippen molar-refractivity contribution in [3.8, 4) is 0 Å². The van der Waals surface area contributed by atoms with Gasteiger partial charge >= 0.3 is 0 Å². The molecule has 0 amide bonds. The van der Waals surface area contributed by atoms with Crippen LogP contribution in [0.25, 0.3) is 0 Å². The van der Waals surface area contributed by atoms with E-state index in [2.05, 4.69) is 17.4 Å². The smallest absolute Gasteiger partial charge is 0.123 e. The van der Waals surface area contributed by atoms with Gasteiger partial charge in [0.25, 0.3) is 0 Å². The molecule has 1 nitrogen and oxygen atoms in total. The van der Waals surface area contributed by atoms with E-state index < -0.39 is 0 Å². The van der Waals surface area contributed by atoms with E-state index in [4.69, 9.17) is 11.6 Å². The lowest BCUT2D eigenvalue weighted by atomic mass is 9.76. The van der Waals surface area contributed by atoms with Crippen molar-refractivity contribution in [3.05, 3.63) is 70.5 Å². The molecule has 110 valence electrons. The number of rotatable bonds is 5. The highest BCUT2D eigenvalue weighted by molar-refractivity contribution is 6.30. The van der Waals surface area contributed by atoms with Crippen molar-refractivity contribution in [3.63, 3.8) is 0 Å². The summed E-state index contributed by atoms with van der Waals surface area (Å²) in [4.78, 5) is 0. The van der Waals surface area contributed by atoms with Gasteiger partial charge in [0.15, 0.2) is 0 Å². The second-order valence-electron chi connectivity index (χ2n) is 5.75. The fourth-order valence-corrected chi connectivity index (χ4v) is 3.13. The third-order valence-electron chi connectivity index (χ3n) is 4.19. The van der Waals surface area contributed by atoms with Crippen LogP contribution in [-0.4, -0.2) is 12.6 Å². The van der Waals surface area contributed by atoms with Gasteiger partial charge in [-0.15, -0.1) is 0 Å². The van der Waals surface area contributed by atoms with Crippen molar-refractivity contribution in [1.82, 2.24) is 5.32 Å². The zero-order valence-electron chi connectivity index (χ0n) is 11.9. The molecule has 3 heteroatoms. The number of hydrogen-bond donors (Lipinski definition) is 1. The molecule has 0 atom stereocenters. The van der Waals surface area contributed by atoms with Crippen LogP contribution in [0.5, 0.6) is 0 Å². The van der Waals surface area contributed by atoms with Gasteiger partial charge in [0.1, 0.15) is 5.82 Å². The molecule has 0 aromatic heterocycles. The van der Waals surface area contributed by atoms with E-state index >= 15 is 0 Å². The molecule has 2 aromatic carbocycles. The van der Waals surface area contributed by atoms with Gasteiger partial charge in [-0.2, -0.15) is 0 Å². The van der Waals surface area contributed by atoms with Gasteiger partial charge in [0, 0.05) is 11.1 Å². The molecule has 2 aromatic rings. The average molecular weight is 304 g/mol. The highest BCUT2D eigenvalue weighted by atomic mass is 35.5. The van der Waals surface area contributed by atoms with Crippen molar-refractivity contribution >= 4 is 11.6 Å². The lowest BCUT2D eigenvalue weighted by molar-refractivity contribution is 0.293. The molecule has 1 saturated carbocycles. The monoisotopic (exact) mass is 303 g/mol. The largest absolute Gasteiger partial charge is 0.314 e. The second kappa shape index (κ2) is 6.59. The summed E-state index contributed by atoms with van der Waals surface area (Å²) in [6, 6.07) is 15.6. The van der Waals surface area contributed by atoms with Crippen LogP contribution >= 0.6 is 11.6 Å². The Morgan fingerprint density at radius 1 is 1.10 bits per heavy atom. The molecule has 0 spiro atoms. The molecule has 0 unspecified atom stereocenters. The fraction of sp³-hybridized carbons (Fsp3) is 0.333. The van der Waals surface area contributed by atoms with E-state index in [-0.39, 0.29) is 5.82 Å². The first-order valence-corrected chi connectivity index (χ1v) is 7.82. The van der Waals surface area contributed by atoms with E-state index in [1.165, 1.54) is 11.6 Å². The topological polar surface area (TPSA) is 12.0 Å². The molecule has 1 N–H and O–H groups in total. The Morgan fingerprint density at radius 2 is 1.90 bits per heavy atom. The van der Waals surface area contributed by atoms with E-state index in [0.29, 0.717) is 12.0 Å². The Labute approximate surface area is 130 Å². The average Bonchev–Trinajstić information content (AvgIpc) is 2.41. The fourth-order valence-electron chi connectivity index (χ4n) is 2.93. The first-order valence-electron chi connectivity index (χ1n) is 7.44. The second-order valence-corrected chi connectivity index (χ2v) is 6.19. The standard InChI is InChI=1S/C18H19ClFN/c19-16-5-2-4-14(10-16)15-11-18(12-15)21-8-7-13-3-1-6-17(20)9-13/h1-6,9-10,15,18,21H,7-8,11-12H2. The van der Waals surface area contributed by atoms with Crippen LogP contribution in [0.4, 0.5) is 4.39 Å². The van der Waals surface area contributed by atoms with E-state index in [0.717, 1.165) is 36.4 Å². The normalized spacial score (nSPS) is 21.0. The van der Waals surface area contributed by atoms with Crippen molar-refractivity contribution < 1.29 is 4.39 Å². The molecule has 0 saturated heterocycles. The third-order valence-corrected chi connectivity index (χ3v) is 4.43. The van der Waals surface area contributed by atoms with Crippen LogP contribution < -0.4 is 5.32 Å². The predicted molar refractivity (Wildman–Crippen MR) is 85.3 cm³/mol. The Morgan fingerprint density at radius 3 is 2.67 bits per heavy atom. The summed E-state index contributed by atoms with van der Waals surface area (Å²) in [5.41, 5.74) is 2.39. The van der Waals surface area contributed by atoms with Crippen molar-refractivity contribution in [2.24, 2.45) is 0 Å². The Kier molecular flexibility index (Phi) is 4.57. The van der Waals surface area contributed by atoms with Crippen molar-refractivity contribution in [1.29, 1.82) is 0 Å². The summed E-state index contributed by atoms with van der Waals surface area (Å²) in [6.07, 6.45) is 3.18. The minimum Gasteiger partial charge on any atom is -0.314 e. The van der Waals surface area contributed by atoms with E-state index in [1.807, 2.05) is 18.2 Å². The minimum absolute atomic E-state index is 0.155. The number of nitrogens with one attached hydrogen (secondary N) is 1. The number of halogens is 2. The van der Waals surface area contributed by atoms with Gasteiger partial charge in [-0.3, -0.25) is 0 Å². The van der Waals surface area contributed by atoms with Gasteiger partial charge in [0.05, 0.1) is 0 Å². The Hall–Kier alpha value is -1.38. The maximum absolute atomic E-state index is 13.1. The molecule has 1 aliphatic carbocycles. The molecule has 0 bridgehead atoms. The number of hydrogen-bond acceptors (Lipinski definition) is 1.